The topological polar surface area (TPSA) is 162 Å². The maximum absolute atomic E-state index is 13.4. The molecule has 0 unspecified atom stereocenters. The minimum Gasteiger partial charge on any atom is -0.354 e. The van der Waals surface area contributed by atoms with Crippen LogP contribution in [0.5, 0.6) is 0 Å². The van der Waals surface area contributed by atoms with E-state index in [-0.39, 0.29) is 30.6 Å². The van der Waals surface area contributed by atoms with Crippen molar-refractivity contribution in [2.75, 3.05) is 19.6 Å². The lowest BCUT2D eigenvalue weighted by Crippen LogP contribution is -2.56. The molecule has 31 heavy (non-hydrogen) atoms. The summed E-state index contributed by atoms with van der Waals surface area (Å²) in [4.78, 5) is 58.6. The smallest absolute Gasteiger partial charge is 0.246 e. The molecular formula is C20H31N7O4. The summed E-state index contributed by atoms with van der Waals surface area (Å²) in [6, 6.07) is -2.07. The summed E-state index contributed by atoms with van der Waals surface area (Å²) in [5.74, 6) is -1.07. The average molecular weight is 434 g/mol. The largest absolute Gasteiger partial charge is 0.354 e. The maximum atomic E-state index is 13.4. The molecule has 1 aromatic rings. The van der Waals surface area contributed by atoms with Gasteiger partial charge in [-0.3, -0.25) is 19.2 Å². The molecule has 170 valence electrons. The van der Waals surface area contributed by atoms with Crippen LogP contribution in [-0.2, 0) is 25.6 Å². The molecule has 6 N–H and O–H groups in total. The Morgan fingerprint density at radius 1 is 1.26 bits per heavy atom. The lowest BCUT2D eigenvalue weighted by Gasteiger charge is -2.29. The Labute approximate surface area is 180 Å². The van der Waals surface area contributed by atoms with E-state index < -0.39 is 24.0 Å². The van der Waals surface area contributed by atoms with Crippen LogP contribution in [0.1, 0.15) is 44.2 Å². The van der Waals surface area contributed by atoms with E-state index in [1.165, 1.54) is 6.33 Å². The van der Waals surface area contributed by atoms with Crippen LogP contribution in [0.3, 0.4) is 0 Å². The minimum atomic E-state index is -0.865. The highest BCUT2D eigenvalue weighted by Crippen LogP contribution is 2.20. The van der Waals surface area contributed by atoms with Crippen molar-refractivity contribution < 1.29 is 19.2 Å². The van der Waals surface area contributed by atoms with Gasteiger partial charge in [-0.15, -0.1) is 0 Å². The third kappa shape index (κ3) is 6.03. The SMILES string of the molecule is NCCCCNC(=O)[C@@H]1CCCN1C(=O)[C@H](Cc1cnc[nH]1)NC(=O)[C@@H]1CCC(=O)N1. The van der Waals surface area contributed by atoms with Crippen molar-refractivity contribution in [2.45, 2.75) is 63.1 Å². The average Bonchev–Trinajstić information content (AvgIpc) is 3.51. The van der Waals surface area contributed by atoms with Crippen molar-refractivity contribution >= 4 is 23.6 Å². The van der Waals surface area contributed by atoms with E-state index in [1.807, 2.05) is 0 Å². The molecule has 0 radical (unpaired) electrons. The Balaban J connectivity index is 1.66. The van der Waals surface area contributed by atoms with Crippen LogP contribution >= 0.6 is 0 Å². The molecule has 4 amide bonds. The van der Waals surface area contributed by atoms with Gasteiger partial charge in [0.15, 0.2) is 0 Å². The summed E-state index contributed by atoms with van der Waals surface area (Å²) in [5, 5.41) is 8.27. The van der Waals surface area contributed by atoms with Gasteiger partial charge in [-0.1, -0.05) is 0 Å². The van der Waals surface area contributed by atoms with Crippen molar-refractivity contribution in [2.24, 2.45) is 5.73 Å². The summed E-state index contributed by atoms with van der Waals surface area (Å²) in [7, 11) is 0. The Morgan fingerprint density at radius 2 is 2.10 bits per heavy atom. The molecule has 0 aromatic carbocycles. The second-order valence-electron chi connectivity index (χ2n) is 7.98. The summed E-state index contributed by atoms with van der Waals surface area (Å²) >= 11 is 0. The summed E-state index contributed by atoms with van der Waals surface area (Å²) in [5.41, 5.74) is 6.17. The highest BCUT2D eigenvalue weighted by molar-refractivity contribution is 5.95. The number of nitrogens with two attached hydrogens (primary N) is 1. The molecule has 0 saturated carbocycles. The zero-order chi connectivity index (χ0) is 22.2. The third-order valence-corrected chi connectivity index (χ3v) is 5.67. The van der Waals surface area contributed by atoms with E-state index >= 15 is 0 Å². The quantitative estimate of drug-likeness (QED) is 0.284. The van der Waals surface area contributed by atoms with Crippen LogP contribution in [0.15, 0.2) is 12.5 Å². The molecule has 0 spiro atoms. The first-order valence-corrected chi connectivity index (χ1v) is 10.8. The van der Waals surface area contributed by atoms with E-state index in [4.69, 9.17) is 5.73 Å². The lowest BCUT2D eigenvalue weighted by molar-refractivity contribution is -0.141. The van der Waals surface area contributed by atoms with Crippen molar-refractivity contribution in [3.8, 4) is 0 Å². The number of rotatable bonds is 10. The molecule has 2 saturated heterocycles. The van der Waals surface area contributed by atoms with Gasteiger partial charge in [0.05, 0.1) is 6.33 Å². The van der Waals surface area contributed by atoms with Gasteiger partial charge in [-0.05, 0) is 38.6 Å². The van der Waals surface area contributed by atoms with Crippen molar-refractivity contribution in [3.05, 3.63) is 18.2 Å². The van der Waals surface area contributed by atoms with Gasteiger partial charge in [0, 0.05) is 37.8 Å². The number of nitrogens with zero attached hydrogens (tertiary/aromatic N) is 2. The number of unbranched alkanes of at least 4 members (excludes halogenated alkanes) is 1. The summed E-state index contributed by atoms with van der Waals surface area (Å²) in [6.45, 7) is 1.54. The molecule has 2 fully saturated rings. The molecule has 11 heteroatoms. The van der Waals surface area contributed by atoms with Gasteiger partial charge >= 0.3 is 0 Å². The van der Waals surface area contributed by atoms with Gasteiger partial charge in [-0.2, -0.15) is 0 Å². The summed E-state index contributed by atoms with van der Waals surface area (Å²) in [6.07, 6.45) is 6.90. The Morgan fingerprint density at radius 3 is 2.77 bits per heavy atom. The van der Waals surface area contributed by atoms with E-state index in [9.17, 15) is 19.2 Å². The van der Waals surface area contributed by atoms with E-state index in [2.05, 4.69) is 25.9 Å². The van der Waals surface area contributed by atoms with Crippen LogP contribution in [0.4, 0.5) is 0 Å². The number of aromatic nitrogens is 2. The number of imidazole rings is 1. The predicted octanol–water partition coefficient (Wildman–Crippen LogP) is -1.44. The first-order valence-electron chi connectivity index (χ1n) is 10.8. The van der Waals surface area contributed by atoms with Gasteiger partial charge < -0.3 is 31.6 Å². The number of hydrogen-bond donors (Lipinski definition) is 5. The molecule has 2 aliphatic heterocycles. The molecule has 0 bridgehead atoms. The molecule has 1 aromatic heterocycles. The minimum absolute atomic E-state index is 0.178. The maximum Gasteiger partial charge on any atom is 0.246 e. The fourth-order valence-electron chi connectivity index (χ4n) is 4.00. The number of aromatic amines is 1. The number of H-pyrrole nitrogens is 1. The van der Waals surface area contributed by atoms with Crippen LogP contribution < -0.4 is 21.7 Å². The molecule has 2 aliphatic rings. The Hall–Kier alpha value is -2.95. The third-order valence-electron chi connectivity index (χ3n) is 5.67. The molecular weight excluding hydrogens is 402 g/mol. The number of carbonyl (C=O) groups excluding carboxylic acids is 4. The summed E-state index contributed by atoms with van der Waals surface area (Å²) < 4.78 is 0. The molecule has 3 rings (SSSR count). The van der Waals surface area contributed by atoms with E-state index in [0.29, 0.717) is 38.2 Å². The van der Waals surface area contributed by atoms with Crippen molar-refractivity contribution in [1.82, 2.24) is 30.8 Å². The van der Waals surface area contributed by atoms with Gasteiger partial charge in [0.1, 0.15) is 18.1 Å². The molecule has 11 nitrogen and oxygen atoms in total. The lowest BCUT2D eigenvalue weighted by atomic mass is 10.1. The standard InChI is InChI=1S/C20H31N7O4/c21-7-1-2-8-23-19(30)16-4-3-9-27(16)20(31)15(10-13-11-22-12-24-13)26-18(29)14-5-6-17(28)25-14/h11-12,14-16H,1-10,21H2,(H,22,24)(H,23,30)(H,25,28)(H,26,29)/t14-,15-,16-/m0/s1. The second kappa shape index (κ2) is 10.9. The number of carbonyl (C=O) groups is 4. The highest BCUT2D eigenvalue weighted by Gasteiger charge is 2.38. The van der Waals surface area contributed by atoms with Crippen molar-refractivity contribution in [3.63, 3.8) is 0 Å². The Kier molecular flexibility index (Phi) is 7.99. The number of likely N-dealkylation sites (tertiary alicyclic amines) is 1. The zero-order valence-electron chi connectivity index (χ0n) is 17.6. The normalized spacial score (nSPS) is 21.6. The van der Waals surface area contributed by atoms with Gasteiger partial charge in [0.2, 0.25) is 23.6 Å². The monoisotopic (exact) mass is 433 g/mol. The number of amides is 4. The molecule has 3 atom stereocenters. The van der Waals surface area contributed by atoms with Gasteiger partial charge in [-0.25, -0.2) is 4.98 Å². The first kappa shape index (κ1) is 22.7. The fraction of sp³-hybridized carbons (Fsp3) is 0.650. The van der Waals surface area contributed by atoms with Crippen LogP contribution in [0.25, 0.3) is 0 Å². The highest BCUT2D eigenvalue weighted by atomic mass is 16.2. The van der Waals surface area contributed by atoms with Gasteiger partial charge in [0.25, 0.3) is 0 Å². The van der Waals surface area contributed by atoms with Crippen LogP contribution in [0.2, 0.25) is 0 Å². The van der Waals surface area contributed by atoms with E-state index in [1.54, 1.807) is 11.1 Å². The second-order valence-corrected chi connectivity index (χ2v) is 7.98. The first-order chi connectivity index (χ1) is 15.0. The zero-order valence-corrected chi connectivity index (χ0v) is 17.6. The predicted molar refractivity (Wildman–Crippen MR) is 111 cm³/mol. The number of hydrogen-bond acceptors (Lipinski definition) is 6. The Bertz CT molecular complexity index is 783. The fourth-order valence-corrected chi connectivity index (χ4v) is 4.00. The van der Waals surface area contributed by atoms with Crippen LogP contribution in [0, 0.1) is 0 Å². The van der Waals surface area contributed by atoms with Crippen molar-refractivity contribution in [1.29, 1.82) is 0 Å². The molecule has 0 aliphatic carbocycles. The number of nitrogens with one attached hydrogen (secondary N) is 4. The van der Waals surface area contributed by atoms with Crippen LogP contribution in [-0.4, -0.2) is 76.3 Å². The van der Waals surface area contributed by atoms with E-state index in [0.717, 1.165) is 19.3 Å². The molecule has 3 heterocycles.